The van der Waals surface area contributed by atoms with Crippen molar-refractivity contribution in [1.82, 2.24) is 15.2 Å². The molecule has 1 aromatic carbocycles. The number of nitrogens with zero attached hydrogens (tertiary/aromatic N) is 1. The average molecular weight is 467 g/mol. The fourth-order valence-corrected chi connectivity index (χ4v) is 3.59. The summed E-state index contributed by atoms with van der Waals surface area (Å²) in [6, 6.07) is 6.57. The summed E-state index contributed by atoms with van der Waals surface area (Å²) in [4.78, 5) is 40.9. The number of ether oxygens (including phenoxy) is 2. The lowest BCUT2D eigenvalue weighted by Gasteiger charge is -2.37. The molecule has 1 aliphatic rings. The van der Waals surface area contributed by atoms with E-state index >= 15 is 0 Å². The van der Waals surface area contributed by atoms with Gasteiger partial charge < -0.3 is 25.5 Å². The third-order valence-corrected chi connectivity index (χ3v) is 5.51. The number of esters is 1. The second-order valence-electron chi connectivity index (χ2n) is 7.44. The van der Waals surface area contributed by atoms with Crippen LogP contribution < -0.4 is 16.6 Å². The van der Waals surface area contributed by atoms with Crippen LogP contribution in [0.5, 0.6) is 0 Å². The van der Waals surface area contributed by atoms with E-state index in [9.17, 15) is 18.8 Å². The third-order valence-electron chi connectivity index (χ3n) is 5.19. The van der Waals surface area contributed by atoms with Crippen LogP contribution in [0.25, 0.3) is 0 Å². The van der Waals surface area contributed by atoms with Gasteiger partial charge in [-0.2, -0.15) is 0 Å². The zero-order valence-electron chi connectivity index (χ0n) is 17.4. The Bertz CT molecular complexity index is 1030. The Labute approximate surface area is 188 Å². The van der Waals surface area contributed by atoms with Crippen LogP contribution >= 0.6 is 11.6 Å². The number of methoxy groups -OCH3 is 1. The molecule has 0 unspecified atom stereocenters. The highest BCUT2D eigenvalue weighted by atomic mass is 35.5. The van der Waals surface area contributed by atoms with Crippen LogP contribution in [0.1, 0.15) is 22.3 Å². The lowest BCUT2D eigenvalue weighted by Crippen LogP contribution is -2.56. The zero-order chi connectivity index (χ0) is 23.3. The maximum absolute atomic E-state index is 12.9. The van der Waals surface area contributed by atoms with Crippen LogP contribution in [0.2, 0.25) is 5.02 Å². The van der Waals surface area contributed by atoms with E-state index in [4.69, 9.17) is 26.8 Å². The molecule has 3 rings (SSSR count). The van der Waals surface area contributed by atoms with Crippen molar-refractivity contribution in [3.63, 3.8) is 0 Å². The van der Waals surface area contributed by atoms with Gasteiger partial charge in [-0.1, -0.05) is 23.7 Å². The number of nitrogens with one attached hydrogen (secondary N) is 2. The first-order valence-electron chi connectivity index (χ1n) is 9.91. The number of piperidine rings is 1. The van der Waals surface area contributed by atoms with Crippen LogP contribution in [0.3, 0.4) is 0 Å². The van der Waals surface area contributed by atoms with E-state index in [1.165, 1.54) is 25.3 Å². The van der Waals surface area contributed by atoms with Gasteiger partial charge in [0, 0.05) is 20.2 Å². The smallest absolute Gasteiger partial charge is 0.320 e. The van der Waals surface area contributed by atoms with Gasteiger partial charge in [-0.15, -0.1) is 0 Å². The Morgan fingerprint density at radius 2 is 2.06 bits per heavy atom. The van der Waals surface area contributed by atoms with E-state index in [2.05, 4.69) is 10.3 Å². The van der Waals surface area contributed by atoms with E-state index < -0.39 is 23.5 Å². The second kappa shape index (κ2) is 10.6. The monoisotopic (exact) mass is 466 g/mol. The topological polar surface area (TPSA) is 127 Å². The fourth-order valence-electron chi connectivity index (χ4n) is 3.43. The molecule has 2 aromatic rings. The molecule has 2 heterocycles. The number of carbonyl (C=O) groups excluding carboxylic acids is 2. The SMILES string of the molecule is CO[C@H]1CN(CC(=O)OCc2ccc(F)cc2)CC[C@H]1NC(=O)c1cc(Cl)c(N)[nH]c1=O. The van der Waals surface area contributed by atoms with Gasteiger partial charge in [-0.25, -0.2) is 4.39 Å². The van der Waals surface area contributed by atoms with Gasteiger partial charge in [-0.05, 0) is 30.2 Å². The first-order valence-corrected chi connectivity index (χ1v) is 10.3. The lowest BCUT2D eigenvalue weighted by atomic mass is 10.0. The van der Waals surface area contributed by atoms with Crippen molar-refractivity contribution in [2.45, 2.75) is 25.2 Å². The maximum Gasteiger partial charge on any atom is 0.320 e. The Hall–Kier alpha value is -2.95. The van der Waals surface area contributed by atoms with Gasteiger partial charge in [0.1, 0.15) is 23.8 Å². The minimum atomic E-state index is -0.639. The van der Waals surface area contributed by atoms with E-state index in [1.54, 1.807) is 12.1 Å². The summed E-state index contributed by atoms with van der Waals surface area (Å²) in [5.41, 5.74) is 5.44. The number of pyridine rings is 1. The van der Waals surface area contributed by atoms with Crippen LogP contribution in [0.4, 0.5) is 10.2 Å². The van der Waals surface area contributed by atoms with Gasteiger partial charge in [0.25, 0.3) is 11.5 Å². The van der Waals surface area contributed by atoms with Crippen molar-refractivity contribution in [2.24, 2.45) is 0 Å². The summed E-state index contributed by atoms with van der Waals surface area (Å²) < 4.78 is 23.7. The number of benzene rings is 1. The molecule has 2 atom stereocenters. The van der Waals surface area contributed by atoms with Gasteiger partial charge >= 0.3 is 5.97 Å². The Morgan fingerprint density at radius 3 is 2.75 bits per heavy atom. The number of hydrogen-bond acceptors (Lipinski definition) is 7. The molecule has 9 nitrogen and oxygen atoms in total. The molecule has 1 aromatic heterocycles. The van der Waals surface area contributed by atoms with Crippen molar-refractivity contribution in [1.29, 1.82) is 0 Å². The first-order chi connectivity index (χ1) is 15.3. The van der Waals surface area contributed by atoms with Gasteiger partial charge in [0.15, 0.2) is 0 Å². The quantitative estimate of drug-likeness (QED) is 0.525. The molecule has 1 fully saturated rings. The summed E-state index contributed by atoms with van der Waals surface area (Å²) in [6.45, 7) is 0.994. The lowest BCUT2D eigenvalue weighted by molar-refractivity contribution is -0.147. The largest absolute Gasteiger partial charge is 0.460 e. The highest BCUT2D eigenvalue weighted by molar-refractivity contribution is 6.33. The summed E-state index contributed by atoms with van der Waals surface area (Å²) >= 11 is 5.90. The van der Waals surface area contributed by atoms with Crippen LogP contribution in [-0.2, 0) is 20.9 Å². The summed E-state index contributed by atoms with van der Waals surface area (Å²) in [7, 11) is 1.51. The van der Waals surface area contributed by atoms with Gasteiger partial charge in [0.2, 0.25) is 0 Å². The van der Waals surface area contributed by atoms with Gasteiger partial charge in [0.05, 0.1) is 23.7 Å². The minimum absolute atomic E-state index is 0.0115. The number of aromatic amines is 1. The first kappa shape index (κ1) is 23.7. The van der Waals surface area contributed by atoms with E-state index in [-0.39, 0.29) is 41.4 Å². The number of nitrogens with two attached hydrogens (primary N) is 1. The van der Waals surface area contributed by atoms with E-state index in [1.807, 2.05) is 4.90 Å². The van der Waals surface area contributed by atoms with Crippen LogP contribution in [-0.4, -0.2) is 60.7 Å². The Morgan fingerprint density at radius 1 is 1.34 bits per heavy atom. The number of H-pyrrole nitrogens is 1. The number of rotatable bonds is 7. The predicted molar refractivity (Wildman–Crippen MR) is 116 cm³/mol. The highest BCUT2D eigenvalue weighted by Crippen LogP contribution is 2.17. The maximum atomic E-state index is 12.9. The van der Waals surface area contributed by atoms with E-state index in [0.29, 0.717) is 25.1 Å². The Balaban J connectivity index is 1.52. The van der Waals surface area contributed by atoms with Crippen LogP contribution in [0, 0.1) is 5.82 Å². The molecule has 0 aliphatic carbocycles. The molecule has 0 radical (unpaired) electrons. The molecule has 0 bridgehead atoms. The number of hydrogen-bond donors (Lipinski definition) is 3. The number of likely N-dealkylation sites (tertiary alicyclic amines) is 1. The minimum Gasteiger partial charge on any atom is -0.460 e. The number of halogens is 2. The van der Waals surface area contributed by atoms with Crippen molar-refractivity contribution >= 4 is 29.3 Å². The normalized spacial score (nSPS) is 18.8. The molecule has 1 saturated heterocycles. The summed E-state index contributed by atoms with van der Waals surface area (Å²) in [6.07, 6.45) is 0.0942. The zero-order valence-corrected chi connectivity index (χ0v) is 18.2. The fraction of sp³-hybridized carbons (Fsp3) is 0.381. The molecule has 32 heavy (non-hydrogen) atoms. The van der Waals surface area contributed by atoms with Crippen molar-refractivity contribution in [3.8, 4) is 0 Å². The van der Waals surface area contributed by atoms with Crippen molar-refractivity contribution in [3.05, 3.63) is 62.7 Å². The van der Waals surface area contributed by atoms with Crippen molar-refractivity contribution < 1.29 is 23.5 Å². The molecule has 0 saturated carbocycles. The molecular weight excluding hydrogens is 443 g/mol. The average Bonchev–Trinajstić information content (AvgIpc) is 2.76. The second-order valence-corrected chi connectivity index (χ2v) is 7.85. The molecule has 1 amide bonds. The number of carbonyl (C=O) groups is 2. The standard InChI is InChI=1S/C21H24ClFN4O5/c1-31-17-9-27(10-18(28)32-11-12-2-4-13(23)5-3-12)7-6-16(17)25-20(29)14-8-15(22)19(24)26-21(14)30/h2-5,8,16-17H,6-7,9-11H2,1H3,(H,25,29)(H3,24,26,30)/t16-,17+/m1/s1. The highest BCUT2D eigenvalue weighted by Gasteiger charge is 2.32. The molecule has 1 aliphatic heterocycles. The van der Waals surface area contributed by atoms with Crippen LogP contribution in [0.15, 0.2) is 35.1 Å². The molecular formula is C21H24ClFN4O5. The molecule has 11 heteroatoms. The summed E-state index contributed by atoms with van der Waals surface area (Å²) in [5, 5.41) is 2.87. The number of amides is 1. The Kier molecular flexibility index (Phi) is 7.84. The predicted octanol–water partition coefficient (Wildman–Crippen LogP) is 1.31. The molecule has 172 valence electrons. The third kappa shape index (κ3) is 6.06. The number of anilines is 1. The van der Waals surface area contributed by atoms with Gasteiger partial charge in [-0.3, -0.25) is 19.3 Å². The number of nitrogen functional groups attached to an aromatic ring is 1. The van der Waals surface area contributed by atoms with E-state index in [0.717, 1.165) is 0 Å². The summed E-state index contributed by atoms with van der Waals surface area (Å²) in [5.74, 6) is -1.38. The molecule has 4 N–H and O–H groups in total. The van der Waals surface area contributed by atoms with Crippen molar-refractivity contribution in [2.75, 3.05) is 32.5 Å². The number of aromatic nitrogens is 1. The molecule has 0 spiro atoms.